The molecule has 0 saturated carbocycles. The SMILES string of the molecule is CCCCCCCCn1c(-c2ccc3ccccc3c2)cc2ccccc21. The van der Waals surface area contributed by atoms with Gasteiger partial charge in [0.25, 0.3) is 0 Å². The summed E-state index contributed by atoms with van der Waals surface area (Å²) in [5, 5.41) is 3.96. The van der Waals surface area contributed by atoms with Crippen molar-refractivity contribution in [1.82, 2.24) is 4.57 Å². The third-order valence-corrected chi connectivity index (χ3v) is 5.59. The van der Waals surface area contributed by atoms with Crippen LogP contribution in [0.4, 0.5) is 0 Å². The molecular weight excluding hydrogens is 326 g/mol. The Labute approximate surface area is 162 Å². The van der Waals surface area contributed by atoms with E-state index in [1.165, 1.54) is 71.5 Å². The third-order valence-electron chi connectivity index (χ3n) is 5.59. The summed E-state index contributed by atoms with van der Waals surface area (Å²) in [5.41, 5.74) is 4.01. The zero-order chi connectivity index (χ0) is 18.5. The van der Waals surface area contributed by atoms with Crippen molar-refractivity contribution >= 4 is 21.7 Å². The Hall–Kier alpha value is -2.54. The maximum atomic E-state index is 2.53. The second-order valence-corrected chi connectivity index (χ2v) is 7.57. The minimum absolute atomic E-state index is 1.10. The van der Waals surface area contributed by atoms with Gasteiger partial charge in [-0.05, 0) is 41.0 Å². The molecule has 0 fully saturated rings. The van der Waals surface area contributed by atoms with Crippen molar-refractivity contribution in [2.45, 2.75) is 52.0 Å². The number of benzene rings is 3. The molecule has 1 aromatic heterocycles. The number of hydrogen-bond acceptors (Lipinski definition) is 0. The topological polar surface area (TPSA) is 4.93 Å². The van der Waals surface area contributed by atoms with Crippen LogP contribution in [-0.2, 0) is 6.54 Å². The summed E-state index contributed by atoms with van der Waals surface area (Å²) in [7, 11) is 0. The molecule has 1 nitrogen and oxygen atoms in total. The minimum atomic E-state index is 1.10. The van der Waals surface area contributed by atoms with Gasteiger partial charge in [0, 0.05) is 23.1 Å². The van der Waals surface area contributed by atoms with E-state index in [2.05, 4.69) is 84.3 Å². The van der Waals surface area contributed by atoms with Gasteiger partial charge in [0.05, 0.1) is 0 Å². The van der Waals surface area contributed by atoms with E-state index < -0.39 is 0 Å². The fourth-order valence-corrected chi connectivity index (χ4v) is 4.09. The highest BCUT2D eigenvalue weighted by atomic mass is 15.0. The Morgan fingerprint density at radius 1 is 0.630 bits per heavy atom. The summed E-state index contributed by atoms with van der Waals surface area (Å²) in [5.74, 6) is 0. The van der Waals surface area contributed by atoms with Crippen molar-refractivity contribution < 1.29 is 0 Å². The smallest absolute Gasteiger partial charge is 0.0491 e. The first-order valence-electron chi connectivity index (χ1n) is 10.4. The van der Waals surface area contributed by atoms with E-state index in [0.29, 0.717) is 0 Å². The predicted molar refractivity (Wildman–Crippen MR) is 118 cm³/mol. The fraction of sp³-hybridized carbons (Fsp3) is 0.308. The normalized spacial score (nSPS) is 11.4. The van der Waals surface area contributed by atoms with Gasteiger partial charge in [0.1, 0.15) is 0 Å². The van der Waals surface area contributed by atoms with Crippen molar-refractivity contribution in [1.29, 1.82) is 0 Å². The number of aromatic nitrogens is 1. The highest BCUT2D eigenvalue weighted by Gasteiger charge is 2.10. The first-order chi connectivity index (χ1) is 13.4. The van der Waals surface area contributed by atoms with E-state index in [9.17, 15) is 0 Å². The molecule has 0 aliphatic rings. The zero-order valence-electron chi connectivity index (χ0n) is 16.3. The molecule has 1 heterocycles. The highest BCUT2D eigenvalue weighted by molar-refractivity contribution is 5.91. The van der Waals surface area contributed by atoms with E-state index in [4.69, 9.17) is 0 Å². The van der Waals surface area contributed by atoms with Crippen LogP contribution >= 0.6 is 0 Å². The summed E-state index contributed by atoms with van der Waals surface area (Å²) in [6, 6.07) is 26.6. The molecule has 0 unspecified atom stereocenters. The number of rotatable bonds is 8. The molecule has 4 rings (SSSR count). The van der Waals surface area contributed by atoms with E-state index in [1.54, 1.807) is 0 Å². The molecule has 0 amide bonds. The van der Waals surface area contributed by atoms with Gasteiger partial charge in [0.2, 0.25) is 0 Å². The molecule has 138 valence electrons. The monoisotopic (exact) mass is 355 g/mol. The molecule has 0 saturated heterocycles. The standard InChI is InChI=1S/C26H29N/c1-2-3-4-5-6-11-18-27-25-15-10-9-14-23(25)20-26(27)24-17-16-21-12-7-8-13-22(21)19-24/h7-10,12-17,19-20H,2-6,11,18H2,1H3. The lowest BCUT2D eigenvalue weighted by Gasteiger charge is -2.12. The van der Waals surface area contributed by atoms with E-state index in [1.807, 2.05) is 0 Å². The number of hydrogen-bond donors (Lipinski definition) is 0. The maximum Gasteiger partial charge on any atom is 0.0491 e. The average Bonchev–Trinajstić information content (AvgIpc) is 3.09. The van der Waals surface area contributed by atoms with Gasteiger partial charge in [-0.25, -0.2) is 0 Å². The Bertz CT molecular complexity index is 1020. The van der Waals surface area contributed by atoms with Crippen LogP contribution in [0.2, 0.25) is 0 Å². The van der Waals surface area contributed by atoms with Crippen molar-refractivity contribution in [3.05, 3.63) is 72.8 Å². The number of nitrogens with zero attached hydrogens (tertiary/aromatic N) is 1. The molecule has 1 heteroatoms. The van der Waals surface area contributed by atoms with Crippen molar-refractivity contribution in [2.75, 3.05) is 0 Å². The molecule has 0 aliphatic carbocycles. The van der Waals surface area contributed by atoms with Crippen LogP contribution in [-0.4, -0.2) is 4.57 Å². The van der Waals surface area contributed by atoms with E-state index in [0.717, 1.165) is 6.54 Å². The lowest BCUT2D eigenvalue weighted by atomic mass is 10.0. The number of para-hydroxylation sites is 1. The molecule has 0 N–H and O–H groups in total. The van der Waals surface area contributed by atoms with Crippen molar-refractivity contribution in [3.63, 3.8) is 0 Å². The van der Waals surface area contributed by atoms with Crippen LogP contribution in [0.1, 0.15) is 45.4 Å². The first-order valence-corrected chi connectivity index (χ1v) is 10.4. The molecule has 0 spiro atoms. The average molecular weight is 356 g/mol. The van der Waals surface area contributed by atoms with Crippen LogP contribution in [0.3, 0.4) is 0 Å². The zero-order valence-corrected chi connectivity index (χ0v) is 16.3. The fourth-order valence-electron chi connectivity index (χ4n) is 4.09. The summed E-state index contributed by atoms with van der Waals surface area (Å²) in [6.45, 7) is 3.38. The van der Waals surface area contributed by atoms with Crippen molar-refractivity contribution in [3.8, 4) is 11.3 Å². The predicted octanol–water partition coefficient (Wildman–Crippen LogP) is 7.82. The van der Waals surface area contributed by atoms with Crippen LogP contribution in [0.15, 0.2) is 72.8 Å². The number of unbranched alkanes of at least 4 members (excludes halogenated alkanes) is 5. The van der Waals surface area contributed by atoms with Crippen LogP contribution in [0.25, 0.3) is 32.9 Å². The first kappa shape index (κ1) is 17.9. The van der Waals surface area contributed by atoms with Gasteiger partial charge >= 0.3 is 0 Å². The Morgan fingerprint density at radius 2 is 1.33 bits per heavy atom. The van der Waals surface area contributed by atoms with Gasteiger partial charge in [-0.15, -0.1) is 0 Å². The quantitative estimate of drug-likeness (QED) is 0.284. The van der Waals surface area contributed by atoms with Crippen LogP contribution < -0.4 is 0 Å². The number of fused-ring (bicyclic) bond motifs is 2. The minimum Gasteiger partial charge on any atom is -0.340 e. The summed E-state index contributed by atoms with van der Waals surface area (Å²) in [6.07, 6.45) is 7.99. The van der Waals surface area contributed by atoms with Gasteiger partial charge in [-0.2, -0.15) is 0 Å². The molecule has 27 heavy (non-hydrogen) atoms. The molecule has 0 aliphatic heterocycles. The maximum absolute atomic E-state index is 2.53. The van der Waals surface area contributed by atoms with Crippen LogP contribution in [0, 0.1) is 0 Å². The molecule has 4 aromatic rings. The summed E-state index contributed by atoms with van der Waals surface area (Å²) < 4.78 is 2.53. The Morgan fingerprint density at radius 3 is 2.19 bits per heavy atom. The molecule has 0 atom stereocenters. The van der Waals surface area contributed by atoms with Gasteiger partial charge in [-0.1, -0.05) is 93.6 Å². The Kier molecular flexibility index (Phi) is 5.58. The highest BCUT2D eigenvalue weighted by Crippen LogP contribution is 2.31. The largest absolute Gasteiger partial charge is 0.340 e. The lowest BCUT2D eigenvalue weighted by Crippen LogP contribution is -2.00. The summed E-state index contributed by atoms with van der Waals surface area (Å²) >= 11 is 0. The lowest BCUT2D eigenvalue weighted by molar-refractivity contribution is 0.567. The summed E-state index contributed by atoms with van der Waals surface area (Å²) in [4.78, 5) is 0. The Balaban J connectivity index is 1.64. The van der Waals surface area contributed by atoms with Gasteiger partial charge < -0.3 is 4.57 Å². The molecule has 3 aromatic carbocycles. The molecule has 0 bridgehead atoms. The van der Waals surface area contributed by atoms with Gasteiger partial charge in [0.15, 0.2) is 0 Å². The molecular formula is C26H29N. The third kappa shape index (κ3) is 3.93. The van der Waals surface area contributed by atoms with E-state index >= 15 is 0 Å². The molecule has 0 radical (unpaired) electrons. The van der Waals surface area contributed by atoms with Crippen LogP contribution in [0.5, 0.6) is 0 Å². The second kappa shape index (κ2) is 8.43. The second-order valence-electron chi connectivity index (χ2n) is 7.57. The van der Waals surface area contributed by atoms with Crippen molar-refractivity contribution in [2.24, 2.45) is 0 Å². The van der Waals surface area contributed by atoms with E-state index in [-0.39, 0.29) is 0 Å². The number of aryl methyl sites for hydroxylation is 1. The van der Waals surface area contributed by atoms with Gasteiger partial charge in [-0.3, -0.25) is 0 Å².